The first-order valence-electron chi connectivity index (χ1n) is 6.10. The molecule has 1 aliphatic rings. The molecular weight excluding hydrogens is 328 g/mol. The van der Waals surface area contributed by atoms with Crippen LogP contribution in [0.4, 0.5) is 5.13 Å². The van der Waals surface area contributed by atoms with Crippen molar-refractivity contribution >= 4 is 54.4 Å². The maximum absolute atomic E-state index is 4.66. The number of hydrogen-bond donors (Lipinski definition) is 1. The highest BCUT2D eigenvalue weighted by Crippen LogP contribution is 2.33. The van der Waals surface area contributed by atoms with Gasteiger partial charge in [0.25, 0.3) is 0 Å². The smallest absolute Gasteiger partial charge is 0.184 e. The summed E-state index contributed by atoms with van der Waals surface area (Å²) >= 11 is 7.23. The Morgan fingerprint density at radius 1 is 1.44 bits per heavy atom. The molecule has 0 saturated heterocycles. The molecular formula is C13H15BrN2S2. The Balaban J connectivity index is 1.75. The molecule has 0 spiro atoms. The molecule has 0 amide bonds. The lowest BCUT2D eigenvalue weighted by atomic mass is 10.3. The number of hydrogen-bond acceptors (Lipinski definition) is 4. The first kappa shape index (κ1) is 12.8. The number of fused-ring (bicyclic) bond motifs is 1. The van der Waals surface area contributed by atoms with Crippen LogP contribution in [0.5, 0.6) is 0 Å². The van der Waals surface area contributed by atoms with Crippen LogP contribution in [0.1, 0.15) is 19.3 Å². The average Bonchev–Trinajstić information content (AvgIpc) is 2.95. The van der Waals surface area contributed by atoms with Crippen molar-refractivity contribution in [3.05, 3.63) is 22.7 Å². The number of benzene rings is 1. The van der Waals surface area contributed by atoms with Gasteiger partial charge in [0.05, 0.1) is 10.2 Å². The lowest BCUT2D eigenvalue weighted by molar-refractivity contribution is 0.756. The quantitative estimate of drug-likeness (QED) is 0.870. The minimum atomic E-state index is 0.603. The van der Waals surface area contributed by atoms with Crippen molar-refractivity contribution < 1.29 is 0 Å². The molecule has 2 atom stereocenters. The van der Waals surface area contributed by atoms with Gasteiger partial charge in [-0.05, 0) is 43.7 Å². The molecule has 5 heteroatoms. The van der Waals surface area contributed by atoms with E-state index in [4.69, 9.17) is 0 Å². The van der Waals surface area contributed by atoms with Crippen LogP contribution in [0.2, 0.25) is 0 Å². The van der Waals surface area contributed by atoms with E-state index in [-0.39, 0.29) is 0 Å². The molecule has 0 radical (unpaired) electrons. The molecule has 0 bridgehead atoms. The van der Waals surface area contributed by atoms with Gasteiger partial charge in [0.15, 0.2) is 5.13 Å². The third kappa shape index (κ3) is 2.68. The second kappa shape index (κ2) is 5.39. The Kier molecular flexibility index (Phi) is 3.82. The summed E-state index contributed by atoms with van der Waals surface area (Å²) in [6.45, 7) is 0. The lowest BCUT2D eigenvalue weighted by Crippen LogP contribution is -2.15. The van der Waals surface area contributed by atoms with Crippen molar-refractivity contribution in [3.63, 3.8) is 0 Å². The second-order valence-electron chi connectivity index (χ2n) is 4.64. The molecule has 0 aliphatic heterocycles. The van der Waals surface area contributed by atoms with Crippen LogP contribution in [0, 0.1) is 0 Å². The van der Waals surface area contributed by atoms with Crippen molar-refractivity contribution in [1.82, 2.24) is 4.98 Å². The zero-order chi connectivity index (χ0) is 12.5. The van der Waals surface area contributed by atoms with Crippen LogP contribution in [0.15, 0.2) is 22.7 Å². The molecule has 1 heterocycles. The molecule has 1 fully saturated rings. The minimum absolute atomic E-state index is 0.603. The number of nitrogens with zero attached hydrogens (tertiary/aromatic N) is 1. The summed E-state index contributed by atoms with van der Waals surface area (Å²) in [5, 5.41) is 5.48. The number of rotatable bonds is 3. The molecule has 1 aliphatic carbocycles. The van der Waals surface area contributed by atoms with E-state index >= 15 is 0 Å². The van der Waals surface area contributed by atoms with Crippen LogP contribution < -0.4 is 5.32 Å². The molecule has 2 nitrogen and oxygen atoms in total. The van der Waals surface area contributed by atoms with Gasteiger partial charge in [0.1, 0.15) is 0 Å². The van der Waals surface area contributed by atoms with Crippen LogP contribution in [0.25, 0.3) is 10.2 Å². The van der Waals surface area contributed by atoms with E-state index in [1.807, 2.05) is 11.8 Å². The Bertz CT molecular complexity index is 555. The van der Waals surface area contributed by atoms with Crippen molar-refractivity contribution in [2.75, 3.05) is 11.6 Å². The Morgan fingerprint density at radius 3 is 3.11 bits per heavy atom. The van der Waals surface area contributed by atoms with Crippen molar-refractivity contribution in [3.8, 4) is 0 Å². The number of thioether (sulfide) groups is 1. The fraction of sp³-hybridized carbons (Fsp3) is 0.462. The van der Waals surface area contributed by atoms with Gasteiger partial charge >= 0.3 is 0 Å². The highest BCUT2D eigenvalue weighted by Gasteiger charge is 2.24. The maximum Gasteiger partial charge on any atom is 0.184 e. The topological polar surface area (TPSA) is 24.9 Å². The minimum Gasteiger partial charge on any atom is -0.359 e. The van der Waals surface area contributed by atoms with E-state index in [9.17, 15) is 0 Å². The fourth-order valence-electron chi connectivity index (χ4n) is 2.42. The predicted octanol–water partition coefficient (Wildman–Crippen LogP) is 4.75. The van der Waals surface area contributed by atoms with Crippen molar-refractivity contribution in [2.24, 2.45) is 0 Å². The van der Waals surface area contributed by atoms with Gasteiger partial charge in [-0.15, -0.1) is 0 Å². The van der Waals surface area contributed by atoms with E-state index < -0.39 is 0 Å². The molecule has 1 saturated carbocycles. The zero-order valence-electron chi connectivity index (χ0n) is 10.1. The Morgan fingerprint density at radius 2 is 2.33 bits per heavy atom. The van der Waals surface area contributed by atoms with E-state index in [0.29, 0.717) is 6.04 Å². The largest absolute Gasteiger partial charge is 0.359 e. The van der Waals surface area contributed by atoms with Gasteiger partial charge < -0.3 is 5.32 Å². The molecule has 3 rings (SSSR count). The van der Waals surface area contributed by atoms with Crippen molar-refractivity contribution in [1.29, 1.82) is 0 Å². The third-order valence-corrected chi connectivity index (χ3v) is 5.95. The summed E-state index contributed by atoms with van der Waals surface area (Å²) in [6, 6.07) is 6.88. The summed E-state index contributed by atoms with van der Waals surface area (Å²) in [7, 11) is 0. The van der Waals surface area contributed by atoms with Gasteiger partial charge in [0, 0.05) is 15.8 Å². The van der Waals surface area contributed by atoms with E-state index in [0.717, 1.165) is 20.4 Å². The molecule has 2 aromatic rings. The highest BCUT2D eigenvalue weighted by atomic mass is 79.9. The van der Waals surface area contributed by atoms with Gasteiger partial charge in [-0.25, -0.2) is 4.98 Å². The number of halogens is 1. The average molecular weight is 343 g/mol. The number of thiazole rings is 1. The van der Waals surface area contributed by atoms with E-state index in [1.54, 1.807) is 11.3 Å². The summed E-state index contributed by atoms with van der Waals surface area (Å²) in [5.41, 5.74) is 1.08. The molecule has 1 aromatic heterocycles. The van der Waals surface area contributed by atoms with E-state index in [1.165, 1.54) is 24.0 Å². The van der Waals surface area contributed by atoms with Crippen LogP contribution in [-0.4, -0.2) is 22.5 Å². The second-order valence-corrected chi connectivity index (χ2v) is 7.73. The van der Waals surface area contributed by atoms with Gasteiger partial charge in [-0.2, -0.15) is 11.8 Å². The lowest BCUT2D eigenvalue weighted by Gasteiger charge is -2.10. The Labute approximate surface area is 124 Å². The summed E-state index contributed by atoms with van der Waals surface area (Å²) in [4.78, 5) is 4.66. The number of aromatic nitrogens is 1. The normalized spacial score (nSPS) is 23.7. The summed E-state index contributed by atoms with van der Waals surface area (Å²) in [5.74, 6) is 0. The van der Waals surface area contributed by atoms with Crippen molar-refractivity contribution in [2.45, 2.75) is 30.6 Å². The van der Waals surface area contributed by atoms with Gasteiger partial charge in [-0.1, -0.05) is 27.3 Å². The molecule has 1 aromatic carbocycles. The SMILES string of the molecule is CSC1CCC(Nc2nc3cc(Br)ccc3s2)C1. The third-order valence-electron chi connectivity index (χ3n) is 3.40. The summed E-state index contributed by atoms with van der Waals surface area (Å²) in [6.07, 6.45) is 6.07. The monoisotopic (exact) mass is 342 g/mol. The fourth-order valence-corrected chi connectivity index (χ4v) is 4.49. The summed E-state index contributed by atoms with van der Waals surface area (Å²) < 4.78 is 2.34. The van der Waals surface area contributed by atoms with Crippen LogP contribution in [0.3, 0.4) is 0 Å². The van der Waals surface area contributed by atoms with Crippen LogP contribution in [-0.2, 0) is 0 Å². The highest BCUT2D eigenvalue weighted by molar-refractivity contribution is 9.10. The molecule has 18 heavy (non-hydrogen) atoms. The molecule has 2 unspecified atom stereocenters. The first-order chi connectivity index (χ1) is 8.74. The Hall–Kier alpha value is -0.260. The maximum atomic E-state index is 4.66. The standard InChI is InChI=1S/C13H15BrN2S2/c1-17-10-4-3-9(7-10)15-13-16-11-6-8(14)2-5-12(11)18-13/h2,5-6,9-10H,3-4,7H2,1H3,(H,15,16). The first-order valence-corrected chi connectivity index (χ1v) is 9.00. The van der Waals surface area contributed by atoms with Crippen LogP contribution >= 0.6 is 39.0 Å². The number of nitrogens with one attached hydrogen (secondary N) is 1. The predicted molar refractivity (Wildman–Crippen MR) is 85.9 cm³/mol. The zero-order valence-corrected chi connectivity index (χ0v) is 13.4. The van der Waals surface area contributed by atoms with Gasteiger partial charge in [0.2, 0.25) is 0 Å². The van der Waals surface area contributed by atoms with Gasteiger partial charge in [-0.3, -0.25) is 0 Å². The number of anilines is 1. The van der Waals surface area contributed by atoms with E-state index in [2.05, 4.69) is 50.7 Å². The molecule has 1 N–H and O–H groups in total. The molecule has 96 valence electrons.